The van der Waals surface area contributed by atoms with Gasteiger partial charge in [0.05, 0.1) is 5.69 Å². The first kappa shape index (κ1) is 15.2. The van der Waals surface area contributed by atoms with Gasteiger partial charge in [0.2, 0.25) is 5.91 Å². The van der Waals surface area contributed by atoms with Crippen LogP contribution in [0.5, 0.6) is 0 Å². The van der Waals surface area contributed by atoms with Gasteiger partial charge < -0.3 is 15.5 Å². The molecular weight excluding hydrogens is 278 g/mol. The van der Waals surface area contributed by atoms with Gasteiger partial charge in [-0.3, -0.25) is 4.79 Å². The highest BCUT2D eigenvalue weighted by atomic mass is 16.1. The Kier molecular flexibility index (Phi) is 4.57. The average Bonchev–Trinajstić information content (AvgIpc) is 3.01. The van der Waals surface area contributed by atoms with Crippen LogP contribution in [0.2, 0.25) is 0 Å². The Morgan fingerprint density at radius 3 is 2.73 bits per heavy atom. The normalized spacial score (nSPS) is 22.8. The van der Waals surface area contributed by atoms with Crippen LogP contribution in [0.4, 0.5) is 5.82 Å². The van der Waals surface area contributed by atoms with Crippen molar-refractivity contribution in [2.75, 3.05) is 24.5 Å². The van der Waals surface area contributed by atoms with E-state index in [2.05, 4.69) is 31.6 Å². The summed E-state index contributed by atoms with van der Waals surface area (Å²) in [6, 6.07) is 2.80. The summed E-state index contributed by atoms with van der Waals surface area (Å²) in [7, 11) is 0. The van der Waals surface area contributed by atoms with Gasteiger partial charge in [0.25, 0.3) is 0 Å². The van der Waals surface area contributed by atoms with Gasteiger partial charge in [-0.1, -0.05) is 0 Å². The number of anilines is 1. The Hall–Kier alpha value is -1.69. The molecule has 2 saturated heterocycles. The van der Waals surface area contributed by atoms with Crippen molar-refractivity contribution >= 4 is 11.7 Å². The molecule has 0 saturated carbocycles. The van der Waals surface area contributed by atoms with Crippen LogP contribution in [0, 0.1) is 6.92 Å². The largest absolute Gasteiger partial charge is 0.356 e. The first-order chi connectivity index (χ1) is 10.6. The molecule has 1 aromatic heterocycles. The standard InChI is InChI=1S/C16H25N5O/c1-11-18-15(14-4-3-7-17-14)10-16(19-11)21-8-5-13(6-9-21)20-12(2)22/h10,13-14,17H,3-9H2,1-2H3,(H,20,22)/t14-/m0/s1. The summed E-state index contributed by atoms with van der Waals surface area (Å²) in [5.41, 5.74) is 1.11. The van der Waals surface area contributed by atoms with Crippen molar-refractivity contribution in [3.63, 3.8) is 0 Å². The van der Waals surface area contributed by atoms with Crippen LogP contribution < -0.4 is 15.5 Å². The summed E-state index contributed by atoms with van der Waals surface area (Å²) in [5.74, 6) is 1.92. The lowest BCUT2D eigenvalue weighted by Crippen LogP contribution is -2.44. The summed E-state index contributed by atoms with van der Waals surface area (Å²) in [4.78, 5) is 22.7. The van der Waals surface area contributed by atoms with Gasteiger partial charge in [0.15, 0.2) is 0 Å². The zero-order chi connectivity index (χ0) is 15.5. The molecule has 2 aliphatic rings. The molecule has 120 valence electrons. The number of hydrogen-bond acceptors (Lipinski definition) is 5. The van der Waals surface area contributed by atoms with Crippen molar-refractivity contribution < 1.29 is 4.79 Å². The van der Waals surface area contributed by atoms with E-state index < -0.39 is 0 Å². The molecule has 1 amide bonds. The van der Waals surface area contributed by atoms with E-state index in [1.807, 2.05) is 6.92 Å². The van der Waals surface area contributed by atoms with Crippen molar-refractivity contribution in [1.29, 1.82) is 0 Å². The van der Waals surface area contributed by atoms with Gasteiger partial charge in [-0.05, 0) is 39.2 Å². The first-order valence-electron chi connectivity index (χ1n) is 8.23. The van der Waals surface area contributed by atoms with E-state index in [-0.39, 0.29) is 5.91 Å². The molecule has 0 bridgehead atoms. The molecule has 2 aliphatic heterocycles. The lowest BCUT2D eigenvalue weighted by Gasteiger charge is -2.33. The molecule has 1 atom stereocenters. The fourth-order valence-electron chi connectivity index (χ4n) is 3.39. The Labute approximate surface area is 131 Å². The number of nitrogens with one attached hydrogen (secondary N) is 2. The molecule has 2 N–H and O–H groups in total. The third-order valence-electron chi connectivity index (χ3n) is 4.49. The summed E-state index contributed by atoms with van der Waals surface area (Å²) in [6.45, 7) is 6.48. The van der Waals surface area contributed by atoms with Crippen molar-refractivity contribution in [2.24, 2.45) is 0 Å². The molecule has 0 unspecified atom stereocenters. The van der Waals surface area contributed by atoms with Crippen LogP contribution >= 0.6 is 0 Å². The van der Waals surface area contributed by atoms with Gasteiger partial charge >= 0.3 is 0 Å². The SMILES string of the molecule is CC(=O)NC1CCN(c2cc([C@@H]3CCCN3)nc(C)n2)CC1. The summed E-state index contributed by atoms with van der Waals surface area (Å²) < 4.78 is 0. The van der Waals surface area contributed by atoms with Gasteiger partial charge in [0, 0.05) is 38.2 Å². The minimum absolute atomic E-state index is 0.0610. The van der Waals surface area contributed by atoms with Gasteiger partial charge in [-0.25, -0.2) is 9.97 Å². The molecule has 6 nitrogen and oxygen atoms in total. The summed E-state index contributed by atoms with van der Waals surface area (Å²) >= 11 is 0. The average molecular weight is 303 g/mol. The van der Waals surface area contributed by atoms with Gasteiger partial charge in [-0.15, -0.1) is 0 Å². The number of amides is 1. The molecule has 2 fully saturated rings. The van der Waals surface area contributed by atoms with Crippen LogP contribution in [0.1, 0.15) is 50.2 Å². The van der Waals surface area contributed by atoms with Crippen LogP contribution in [0.15, 0.2) is 6.07 Å². The lowest BCUT2D eigenvalue weighted by molar-refractivity contribution is -0.119. The second kappa shape index (κ2) is 6.60. The van der Waals surface area contributed by atoms with E-state index in [1.54, 1.807) is 6.92 Å². The van der Waals surface area contributed by atoms with Gasteiger partial charge in [-0.2, -0.15) is 0 Å². The monoisotopic (exact) mass is 303 g/mol. The summed E-state index contributed by atoms with van der Waals surface area (Å²) in [6.07, 6.45) is 4.31. The van der Waals surface area contributed by atoms with Crippen LogP contribution in [-0.4, -0.2) is 41.6 Å². The van der Waals surface area contributed by atoms with Crippen molar-refractivity contribution in [1.82, 2.24) is 20.6 Å². The molecule has 0 aliphatic carbocycles. The number of piperidine rings is 1. The first-order valence-corrected chi connectivity index (χ1v) is 8.23. The number of aryl methyl sites for hydroxylation is 1. The molecule has 0 aromatic carbocycles. The zero-order valence-electron chi connectivity index (χ0n) is 13.4. The number of carbonyl (C=O) groups is 1. The fraction of sp³-hybridized carbons (Fsp3) is 0.688. The molecule has 22 heavy (non-hydrogen) atoms. The predicted octanol–water partition coefficient (Wildman–Crippen LogP) is 1.31. The van der Waals surface area contributed by atoms with E-state index in [9.17, 15) is 4.79 Å². The second-order valence-corrected chi connectivity index (χ2v) is 6.31. The second-order valence-electron chi connectivity index (χ2n) is 6.31. The zero-order valence-corrected chi connectivity index (χ0v) is 13.4. The number of hydrogen-bond donors (Lipinski definition) is 2. The molecular formula is C16H25N5O. The van der Waals surface area contributed by atoms with Crippen molar-refractivity contribution in [2.45, 2.75) is 51.6 Å². The van der Waals surface area contributed by atoms with E-state index >= 15 is 0 Å². The third kappa shape index (κ3) is 3.55. The Morgan fingerprint density at radius 2 is 2.09 bits per heavy atom. The third-order valence-corrected chi connectivity index (χ3v) is 4.49. The molecule has 3 rings (SSSR count). The minimum atomic E-state index is 0.0610. The summed E-state index contributed by atoms with van der Waals surface area (Å²) in [5, 5.41) is 6.52. The number of rotatable bonds is 3. The highest BCUT2D eigenvalue weighted by Gasteiger charge is 2.23. The lowest BCUT2D eigenvalue weighted by atomic mass is 10.0. The Balaban J connectivity index is 1.68. The molecule has 1 aromatic rings. The fourth-order valence-corrected chi connectivity index (χ4v) is 3.39. The number of aromatic nitrogens is 2. The van der Waals surface area contributed by atoms with Gasteiger partial charge in [0.1, 0.15) is 11.6 Å². The number of nitrogens with zero attached hydrogens (tertiary/aromatic N) is 3. The van der Waals surface area contributed by atoms with E-state index in [1.165, 1.54) is 6.42 Å². The maximum absolute atomic E-state index is 11.1. The molecule has 6 heteroatoms. The quantitative estimate of drug-likeness (QED) is 0.881. The maximum atomic E-state index is 11.1. The predicted molar refractivity (Wildman–Crippen MR) is 85.8 cm³/mol. The maximum Gasteiger partial charge on any atom is 0.217 e. The molecule has 0 spiro atoms. The van der Waals surface area contributed by atoms with Crippen LogP contribution in [0.3, 0.4) is 0 Å². The topological polar surface area (TPSA) is 70.2 Å². The Bertz CT molecular complexity index is 533. The van der Waals surface area contributed by atoms with Crippen molar-refractivity contribution in [3.05, 3.63) is 17.6 Å². The highest BCUT2D eigenvalue weighted by Crippen LogP contribution is 2.25. The number of carbonyl (C=O) groups excluding carboxylic acids is 1. The molecule has 3 heterocycles. The minimum Gasteiger partial charge on any atom is -0.356 e. The van der Waals surface area contributed by atoms with Crippen LogP contribution in [-0.2, 0) is 4.79 Å². The van der Waals surface area contributed by atoms with E-state index in [0.29, 0.717) is 12.1 Å². The van der Waals surface area contributed by atoms with Crippen LogP contribution in [0.25, 0.3) is 0 Å². The smallest absolute Gasteiger partial charge is 0.217 e. The van der Waals surface area contributed by atoms with E-state index in [0.717, 1.165) is 56.2 Å². The van der Waals surface area contributed by atoms with E-state index in [4.69, 9.17) is 0 Å². The Morgan fingerprint density at radius 1 is 1.32 bits per heavy atom. The highest BCUT2D eigenvalue weighted by molar-refractivity contribution is 5.73. The van der Waals surface area contributed by atoms with Crippen molar-refractivity contribution in [3.8, 4) is 0 Å². The molecule has 0 radical (unpaired) electrons.